The van der Waals surface area contributed by atoms with E-state index in [4.69, 9.17) is 0 Å². The highest BCUT2D eigenvalue weighted by Gasteiger charge is 2.39. The number of hydrogen-bond acceptors (Lipinski definition) is 2. The molecule has 0 spiro atoms. The Morgan fingerprint density at radius 3 is 1.03 bits per heavy atom. The summed E-state index contributed by atoms with van der Waals surface area (Å²) < 4.78 is 28.2. The van der Waals surface area contributed by atoms with Gasteiger partial charge in [-0.05, 0) is 150 Å². The smallest absolute Gasteiger partial charge is 0.123 e. The Morgan fingerprint density at radius 2 is 0.635 bits per heavy atom. The summed E-state index contributed by atoms with van der Waals surface area (Å²) in [5.41, 5.74) is 20.3. The van der Waals surface area contributed by atoms with E-state index in [0.29, 0.717) is 0 Å². The van der Waals surface area contributed by atoms with Gasteiger partial charge in [0.15, 0.2) is 0 Å². The second-order valence-electron chi connectivity index (χ2n) is 21.1. The van der Waals surface area contributed by atoms with Crippen LogP contribution in [0.5, 0.6) is 0 Å². The molecule has 0 aromatic heterocycles. The van der Waals surface area contributed by atoms with Crippen LogP contribution in [-0.4, -0.2) is 0 Å². The van der Waals surface area contributed by atoms with Gasteiger partial charge in [-0.25, -0.2) is 8.78 Å². The van der Waals surface area contributed by atoms with Crippen LogP contribution in [-0.2, 0) is 10.8 Å². The average Bonchev–Trinajstić information content (AvgIpc) is 3.91. The minimum Gasteiger partial charge on any atom is -0.309 e. The molecule has 14 rings (SSSR count). The highest BCUT2D eigenvalue weighted by molar-refractivity contribution is 6.28. The molecule has 0 amide bonds. The van der Waals surface area contributed by atoms with Crippen LogP contribution in [0.2, 0.25) is 0 Å². The molecule has 2 aliphatic carbocycles. The monoisotopic (exact) mass is 956 g/mol. The van der Waals surface area contributed by atoms with Crippen molar-refractivity contribution in [3.8, 4) is 44.5 Å². The second kappa shape index (κ2) is 16.3. The zero-order chi connectivity index (χ0) is 50.0. The third kappa shape index (κ3) is 6.54. The first-order valence-corrected chi connectivity index (χ1v) is 25.5. The molecule has 0 aliphatic heterocycles. The van der Waals surface area contributed by atoms with Gasteiger partial charge in [-0.3, -0.25) is 0 Å². The fraction of sp³-hybridized carbons (Fsp3) is 0.0857. The van der Waals surface area contributed by atoms with Crippen LogP contribution >= 0.6 is 0 Å². The van der Waals surface area contributed by atoms with E-state index in [1.165, 1.54) is 90.3 Å². The Bertz CT molecular complexity index is 3920. The maximum atomic E-state index is 14.1. The van der Waals surface area contributed by atoms with Gasteiger partial charge in [0.25, 0.3) is 0 Å². The zero-order valence-electron chi connectivity index (χ0n) is 41.6. The molecular formula is C70H50F2N2. The minimum atomic E-state index is -0.248. The summed E-state index contributed by atoms with van der Waals surface area (Å²) >= 11 is 0. The summed E-state index contributed by atoms with van der Waals surface area (Å²) in [6.45, 7) is 9.35. The number of hydrogen-bond donors (Lipinski definition) is 0. The summed E-state index contributed by atoms with van der Waals surface area (Å²) in [6, 6.07) is 80.6. The van der Waals surface area contributed by atoms with Crippen LogP contribution < -0.4 is 9.80 Å². The molecule has 354 valence electrons. The lowest BCUT2D eigenvalue weighted by Crippen LogP contribution is -2.16. The van der Waals surface area contributed by atoms with Crippen LogP contribution in [0.1, 0.15) is 49.9 Å². The molecule has 0 unspecified atom stereocenters. The molecule has 12 aromatic carbocycles. The Balaban J connectivity index is 1.00. The first-order valence-electron chi connectivity index (χ1n) is 25.5. The molecule has 0 bridgehead atoms. The number of fused-ring (bicyclic) bond motifs is 6. The number of halogens is 2. The van der Waals surface area contributed by atoms with Crippen molar-refractivity contribution in [2.75, 3.05) is 9.80 Å². The zero-order valence-corrected chi connectivity index (χ0v) is 41.6. The summed E-state index contributed by atoms with van der Waals surface area (Å²) in [7, 11) is 0. The standard InChI is InChI=1S/C70H50F2N2/c1-69(2)57-13-7-5-11-53(57)67-59(69)15-9-17-63(67)73(51-35-23-45(24-36-51)43-19-31-49(71)32-20-43)61-41-29-47-28-40-56-62(42-30-48-27-39-55(61)65(47)66(48)56)74(52-37-25-46(26-38-52)44-21-33-50(72)34-22-44)64-18-10-16-60-68(64)54-12-6-8-14-58(54)70(60,3)4/h5-42H,1-4H3. The molecule has 0 radical (unpaired) electrons. The largest absolute Gasteiger partial charge is 0.309 e. The van der Waals surface area contributed by atoms with E-state index in [2.05, 4.69) is 219 Å². The molecule has 2 aliphatic rings. The Kier molecular flexibility index (Phi) is 9.68. The molecule has 12 aromatic rings. The van der Waals surface area contributed by atoms with Gasteiger partial charge < -0.3 is 9.80 Å². The SMILES string of the molecule is CC1(C)c2ccccc2-c2c(N(c3ccc(-c4ccc(F)cc4)cc3)c3ccc4ccc5c(N(c6ccc(-c7ccc(F)cc7)cc6)c6cccc7c6-c6ccccc6C7(C)C)ccc6ccc3c4c65)cccc21. The van der Waals surface area contributed by atoms with E-state index in [-0.39, 0.29) is 22.5 Å². The van der Waals surface area contributed by atoms with Crippen LogP contribution in [0.3, 0.4) is 0 Å². The normalized spacial score (nSPS) is 13.8. The second-order valence-corrected chi connectivity index (χ2v) is 21.1. The first-order chi connectivity index (χ1) is 36.0. The van der Waals surface area contributed by atoms with Crippen molar-refractivity contribution in [3.63, 3.8) is 0 Å². The van der Waals surface area contributed by atoms with Crippen molar-refractivity contribution in [2.24, 2.45) is 0 Å². The van der Waals surface area contributed by atoms with Gasteiger partial charge in [0.1, 0.15) is 11.6 Å². The molecule has 4 heteroatoms. The lowest BCUT2D eigenvalue weighted by Gasteiger charge is -2.31. The number of benzene rings is 12. The Morgan fingerprint density at radius 1 is 0.297 bits per heavy atom. The third-order valence-electron chi connectivity index (χ3n) is 16.4. The third-order valence-corrected chi connectivity index (χ3v) is 16.4. The van der Waals surface area contributed by atoms with E-state index in [0.717, 1.165) is 67.2 Å². The van der Waals surface area contributed by atoms with Crippen molar-refractivity contribution < 1.29 is 8.78 Å². The lowest BCUT2D eigenvalue weighted by molar-refractivity contribution is 0.627. The van der Waals surface area contributed by atoms with E-state index in [9.17, 15) is 8.78 Å². The van der Waals surface area contributed by atoms with Gasteiger partial charge in [0.2, 0.25) is 0 Å². The molecule has 2 nitrogen and oxygen atoms in total. The molecule has 0 saturated carbocycles. The summed E-state index contributed by atoms with van der Waals surface area (Å²) in [5.74, 6) is -0.496. The number of nitrogens with zero attached hydrogens (tertiary/aromatic N) is 2. The van der Waals surface area contributed by atoms with Gasteiger partial charge in [0.05, 0.1) is 22.7 Å². The Hall–Kier alpha value is -8.86. The number of rotatable bonds is 8. The van der Waals surface area contributed by atoms with Gasteiger partial charge in [0, 0.05) is 44.1 Å². The van der Waals surface area contributed by atoms with Gasteiger partial charge >= 0.3 is 0 Å². The molecule has 0 N–H and O–H groups in total. The Labute approximate surface area is 430 Å². The molecule has 74 heavy (non-hydrogen) atoms. The van der Waals surface area contributed by atoms with Crippen molar-refractivity contribution in [3.05, 3.63) is 264 Å². The molecular weight excluding hydrogens is 907 g/mol. The highest BCUT2D eigenvalue weighted by Crippen LogP contribution is 2.57. The van der Waals surface area contributed by atoms with Gasteiger partial charge in [-0.15, -0.1) is 0 Å². The van der Waals surface area contributed by atoms with Gasteiger partial charge in [-0.1, -0.05) is 185 Å². The van der Waals surface area contributed by atoms with Gasteiger partial charge in [-0.2, -0.15) is 0 Å². The predicted octanol–water partition coefficient (Wildman–Crippen LogP) is 19.7. The van der Waals surface area contributed by atoms with Crippen molar-refractivity contribution in [2.45, 2.75) is 38.5 Å². The molecule has 0 atom stereocenters. The maximum absolute atomic E-state index is 14.1. The van der Waals surface area contributed by atoms with Crippen LogP contribution in [0.25, 0.3) is 76.8 Å². The van der Waals surface area contributed by atoms with Crippen LogP contribution in [0.4, 0.5) is 42.9 Å². The molecule has 0 fully saturated rings. The van der Waals surface area contributed by atoms with Crippen molar-refractivity contribution >= 4 is 66.4 Å². The highest BCUT2D eigenvalue weighted by atomic mass is 19.1. The van der Waals surface area contributed by atoms with Crippen LogP contribution in [0, 0.1) is 11.6 Å². The number of anilines is 6. The summed E-state index contributed by atoms with van der Waals surface area (Å²) in [5, 5.41) is 7.04. The van der Waals surface area contributed by atoms with E-state index in [1.807, 2.05) is 24.3 Å². The fourth-order valence-corrected chi connectivity index (χ4v) is 12.7. The first kappa shape index (κ1) is 43.9. The molecule has 0 saturated heterocycles. The quantitative estimate of drug-likeness (QED) is 0.140. The fourth-order valence-electron chi connectivity index (χ4n) is 12.7. The summed E-state index contributed by atoms with van der Waals surface area (Å²) in [4.78, 5) is 4.92. The minimum absolute atomic E-state index is 0.192. The topological polar surface area (TPSA) is 6.48 Å². The van der Waals surface area contributed by atoms with Crippen molar-refractivity contribution in [1.82, 2.24) is 0 Å². The van der Waals surface area contributed by atoms with Crippen LogP contribution in [0.15, 0.2) is 231 Å². The average molecular weight is 957 g/mol. The van der Waals surface area contributed by atoms with E-state index >= 15 is 0 Å². The summed E-state index contributed by atoms with van der Waals surface area (Å²) in [6.07, 6.45) is 0. The maximum Gasteiger partial charge on any atom is 0.123 e. The predicted molar refractivity (Wildman–Crippen MR) is 305 cm³/mol. The van der Waals surface area contributed by atoms with Crippen molar-refractivity contribution in [1.29, 1.82) is 0 Å². The lowest BCUT2D eigenvalue weighted by atomic mass is 9.82. The van der Waals surface area contributed by atoms with E-state index < -0.39 is 0 Å². The molecule has 0 heterocycles. The van der Waals surface area contributed by atoms with E-state index in [1.54, 1.807) is 0 Å².